The van der Waals surface area contributed by atoms with Crippen molar-refractivity contribution in [3.63, 3.8) is 0 Å². The molecule has 0 spiro atoms. The average Bonchev–Trinajstić information content (AvgIpc) is 2.33. The van der Waals surface area contributed by atoms with E-state index in [9.17, 15) is 17.4 Å². The zero-order chi connectivity index (χ0) is 15.5. The third-order valence-corrected chi connectivity index (χ3v) is 5.38. The zero-order valence-corrected chi connectivity index (χ0v) is 13.9. The molecule has 0 aromatic heterocycles. The molecule has 9 heteroatoms. The van der Waals surface area contributed by atoms with Gasteiger partial charge in [-0.2, -0.15) is 0 Å². The molecule has 0 heterocycles. The van der Waals surface area contributed by atoms with Gasteiger partial charge >= 0.3 is 0 Å². The highest BCUT2D eigenvalue weighted by Crippen LogP contribution is 2.22. The van der Waals surface area contributed by atoms with Crippen molar-refractivity contribution < 1.29 is 17.4 Å². The third-order valence-electron chi connectivity index (χ3n) is 2.53. The molecule has 2 atom stereocenters. The standard InChI is InChI=1S/C11H13Cl2NO4S2/c1-7(19(2)16)6-14-11(15)8-3-9(12)5-10(4-8)20(13,17)18/h3-5,7H,6H2,1-2H3,(H,14,15). The first kappa shape index (κ1) is 17.4. The van der Waals surface area contributed by atoms with Crippen molar-refractivity contribution in [2.75, 3.05) is 12.8 Å². The maximum Gasteiger partial charge on any atom is 0.261 e. The Balaban J connectivity index is 2.94. The van der Waals surface area contributed by atoms with Crippen LogP contribution < -0.4 is 5.32 Å². The van der Waals surface area contributed by atoms with Gasteiger partial charge in [0.2, 0.25) is 0 Å². The number of benzene rings is 1. The molecule has 0 fully saturated rings. The topological polar surface area (TPSA) is 80.3 Å². The molecule has 0 saturated heterocycles. The Morgan fingerprint density at radius 3 is 2.50 bits per heavy atom. The van der Waals surface area contributed by atoms with E-state index >= 15 is 0 Å². The fourth-order valence-electron chi connectivity index (χ4n) is 1.29. The lowest BCUT2D eigenvalue weighted by Gasteiger charge is -2.10. The largest absolute Gasteiger partial charge is 0.351 e. The van der Waals surface area contributed by atoms with Gasteiger partial charge in [0.15, 0.2) is 0 Å². The molecule has 1 aromatic carbocycles. The number of nitrogens with one attached hydrogen (secondary N) is 1. The van der Waals surface area contributed by atoms with Crippen LogP contribution in [0.15, 0.2) is 23.1 Å². The molecule has 1 N–H and O–H groups in total. The van der Waals surface area contributed by atoms with E-state index < -0.39 is 25.8 Å². The van der Waals surface area contributed by atoms with Crippen molar-refractivity contribution in [1.82, 2.24) is 5.32 Å². The van der Waals surface area contributed by atoms with Crippen LogP contribution in [-0.4, -0.2) is 36.6 Å². The van der Waals surface area contributed by atoms with E-state index in [1.54, 1.807) is 6.92 Å². The van der Waals surface area contributed by atoms with Gasteiger partial charge in [0.25, 0.3) is 15.0 Å². The molecule has 0 bridgehead atoms. The minimum Gasteiger partial charge on any atom is -0.351 e. The lowest BCUT2D eigenvalue weighted by Crippen LogP contribution is -2.32. The summed E-state index contributed by atoms with van der Waals surface area (Å²) in [4.78, 5) is 11.7. The van der Waals surface area contributed by atoms with Crippen LogP contribution in [0.5, 0.6) is 0 Å². The van der Waals surface area contributed by atoms with Crippen LogP contribution in [0, 0.1) is 0 Å². The molecule has 20 heavy (non-hydrogen) atoms. The summed E-state index contributed by atoms with van der Waals surface area (Å²) in [5.41, 5.74) is 0.0748. The normalized spacial score (nSPS) is 14.6. The van der Waals surface area contributed by atoms with Crippen LogP contribution in [0.25, 0.3) is 0 Å². The highest BCUT2D eigenvalue weighted by molar-refractivity contribution is 8.13. The fourth-order valence-corrected chi connectivity index (χ4v) is 2.71. The SMILES string of the molecule is CC(CNC(=O)c1cc(Cl)cc(S(=O)(=O)Cl)c1)S(C)=O. The van der Waals surface area contributed by atoms with Gasteiger partial charge in [0, 0.05) is 50.1 Å². The van der Waals surface area contributed by atoms with Crippen LogP contribution >= 0.6 is 22.3 Å². The molecule has 1 amide bonds. The molecule has 0 aliphatic rings. The first-order chi connectivity index (χ1) is 9.11. The van der Waals surface area contributed by atoms with Crippen LogP contribution in [0.4, 0.5) is 0 Å². The molecule has 5 nitrogen and oxygen atoms in total. The lowest BCUT2D eigenvalue weighted by molar-refractivity contribution is 0.0954. The summed E-state index contributed by atoms with van der Waals surface area (Å²) in [5, 5.41) is 2.43. The zero-order valence-electron chi connectivity index (χ0n) is 10.7. The number of carbonyl (C=O) groups is 1. The lowest BCUT2D eigenvalue weighted by atomic mass is 10.2. The molecular formula is C11H13Cl2NO4S2. The van der Waals surface area contributed by atoms with Gasteiger partial charge in [-0.15, -0.1) is 0 Å². The number of carbonyl (C=O) groups excluding carboxylic acids is 1. The molecule has 1 aromatic rings. The summed E-state index contributed by atoms with van der Waals surface area (Å²) in [7, 11) is 0.187. The maximum absolute atomic E-state index is 11.9. The van der Waals surface area contributed by atoms with Crippen LogP contribution in [0.2, 0.25) is 5.02 Å². The van der Waals surface area contributed by atoms with E-state index in [-0.39, 0.29) is 27.3 Å². The predicted octanol–water partition coefficient (Wildman–Crippen LogP) is 1.76. The Bertz CT molecular complexity index is 646. The number of amides is 1. The molecular weight excluding hydrogens is 345 g/mol. The summed E-state index contributed by atoms with van der Waals surface area (Å²) in [6.45, 7) is 1.93. The van der Waals surface area contributed by atoms with E-state index in [1.165, 1.54) is 12.3 Å². The van der Waals surface area contributed by atoms with Gasteiger partial charge in [-0.1, -0.05) is 11.6 Å². The van der Waals surface area contributed by atoms with Crippen LogP contribution in [0.3, 0.4) is 0 Å². The van der Waals surface area contributed by atoms with E-state index in [0.717, 1.165) is 12.1 Å². The Morgan fingerprint density at radius 2 is 2.00 bits per heavy atom. The van der Waals surface area contributed by atoms with Gasteiger partial charge < -0.3 is 5.32 Å². The number of rotatable bonds is 5. The monoisotopic (exact) mass is 357 g/mol. The summed E-state index contributed by atoms with van der Waals surface area (Å²) in [5.74, 6) is -0.508. The van der Waals surface area contributed by atoms with Crippen LogP contribution in [0.1, 0.15) is 17.3 Å². The van der Waals surface area contributed by atoms with Crippen molar-refractivity contribution in [1.29, 1.82) is 0 Å². The minimum absolute atomic E-state index is 0.0748. The molecule has 2 unspecified atom stereocenters. The Labute approximate surface area is 129 Å². The summed E-state index contributed by atoms with van der Waals surface area (Å²) in [6.07, 6.45) is 1.54. The van der Waals surface area contributed by atoms with E-state index in [0.29, 0.717) is 0 Å². The van der Waals surface area contributed by atoms with Crippen molar-refractivity contribution in [2.24, 2.45) is 0 Å². The summed E-state index contributed by atoms with van der Waals surface area (Å²) >= 11 is 5.76. The average molecular weight is 358 g/mol. The summed E-state index contributed by atoms with van der Waals surface area (Å²) in [6, 6.07) is 3.62. The van der Waals surface area contributed by atoms with Crippen molar-refractivity contribution in [2.45, 2.75) is 17.1 Å². The first-order valence-corrected chi connectivity index (χ1v) is 9.78. The van der Waals surface area contributed by atoms with Gasteiger partial charge in [0.05, 0.1) is 4.90 Å². The van der Waals surface area contributed by atoms with Crippen molar-refractivity contribution >= 4 is 48.0 Å². The quantitative estimate of drug-likeness (QED) is 0.814. The molecule has 1 rings (SSSR count). The number of hydrogen-bond donors (Lipinski definition) is 1. The predicted molar refractivity (Wildman–Crippen MR) is 80.4 cm³/mol. The molecule has 0 saturated carbocycles. The van der Waals surface area contributed by atoms with Gasteiger partial charge in [-0.25, -0.2) is 8.42 Å². The Kier molecular flexibility index (Phi) is 6.00. The number of hydrogen-bond acceptors (Lipinski definition) is 4. The Morgan fingerprint density at radius 1 is 1.40 bits per heavy atom. The second-order valence-corrected chi connectivity index (χ2v) is 8.94. The fraction of sp³-hybridized carbons (Fsp3) is 0.364. The second-order valence-electron chi connectivity index (χ2n) is 4.13. The van der Waals surface area contributed by atoms with E-state index in [1.807, 2.05) is 0 Å². The highest BCUT2D eigenvalue weighted by atomic mass is 35.7. The van der Waals surface area contributed by atoms with Crippen molar-refractivity contribution in [3.05, 3.63) is 28.8 Å². The third kappa shape index (κ3) is 5.05. The van der Waals surface area contributed by atoms with Gasteiger partial charge in [-0.3, -0.25) is 9.00 Å². The van der Waals surface area contributed by atoms with E-state index in [4.69, 9.17) is 22.3 Å². The summed E-state index contributed by atoms with van der Waals surface area (Å²) < 4.78 is 33.7. The molecule has 0 aliphatic heterocycles. The number of halogens is 2. The first-order valence-electron chi connectivity index (χ1n) is 5.47. The van der Waals surface area contributed by atoms with Gasteiger partial charge in [-0.05, 0) is 25.1 Å². The Hall–Kier alpha value is -0.630. The van der Waals surface area contributed by atoms with E-state index in [2.05, 4.69) is 5.32 Å². The maximum atomic E-state index is 11.9. The highest BCUT2D eigenvalue weighted by Gasteiger charge is 2.16. The van der Waals surface area contributed by atoms with Gasteiger partial charge in [0.1, 0.15) is 0 Å². The molecule has 0 radical (unpaired) electrons. The van der Waals surface area contributed by atoms with Crippen molar-refractivity contribution in [3.8, 4) is 0 Å². The smallest absolute Gasteiger partial charge is 0.261 e. The van der Waals surface area contributed by atoms with Crippen LogP contribution in [-0.2, 0) is 19.9 Å². The minimum atomic E-state index is -3.97. The second kappa shape index (κ2) is 6.89. The molecule has 112 valence electrons. The molecule has 0 aliphatic carbocycles.